The van der Waals surface area contributed by atoms with Crippen molar-refractivity contribution in [3.05, 3.63) is 121 Å². The maximum absolute atomic E-state index is 10.9. The van der Waals surface area contributed by atoms with Gasteiger partial charge in [0.1, 0.15) is 28.5 Å². The van der Waals surface area contributed by atoms with Crippen LogP contribution in [0.3, 0.4) is 0 Å². The molecule has 6 rings (SSSR count). The number of carboxylic acid groups (broad SMARTS) is 1. The number of hydrogen-bond acceptors (Lipinski definition) is 11. The second-order valence-corrected chi connectivity index (χ2v) is 8.77. The molecule has 0 unspecified atom stereocenters. The third-order valence-corrected chi connectivity index (χ3v) is 5.57. The number of aryl methyl sites for hydroxylation is 1. The fourth-order valence-corrected chi connectivity index (χ4v) is 3.62. The number of rotatable bonds is 5. The van der Waals surface area contributed by atoms with E-state index in [-0.39, 0.29) is 13.1 Å². The van der Waals surface area contributed by atoms with Crippen LogP contribution in [-0.2, 0) is 7.67 Å². The Hall–Kier alpha value is -5.65. The molecule has 6 aromatic rings. The first-order valence-corrected chi connectivity index (χ1v) is 13.9. The monoisotopic (exact) mass is 654 g/mol. The Labute approximate surface area is 258 Å². The molecule has 0 bridgehead atoms. The van der Waals surface area contributed by atoms with Gasteiger partial charge in [0.05, 0.1) is 22.8 Å². The molecule has 1 N–H and O–H groups in total. The molecular formula is C31H26N8O4Se. The molecule has 0 atom stereocenters. The fourth-order valence-electron chi connectivity index (χ4n) is 3.62. The Balaban J connectivity index is 0.000000217. The van der Waals surface area contributed by atoms with Crippen molar-refractivity contribution in [2.75, 3.05) is 0 Å². The Bertz CT molecular complexity index is 1820. The normalized spacial score (nSPS) is 9.66. The predicted octanol–water partition coefficient (Wildman–Crippen LogP) is 5.23. The number of carbonyl (C=O) groups is 1. The number of aromatic nitrogens is 8. The van der Waals surface area contributed by atoms with E-state index >= 15 is 0 Å². The van der Waals surface area contributed by atoms with Gasteiger partial charge in [-0.3, -0.25) is 15.0 Å². The zero-order chi connectivity index (χ0) is 30.4. The van der Waals surface area contributed by atoms with Crippen molar-refractivity contribution in [2.24, 2.45) is 0 Å². The SMILES string of the molecule is C.Cc1cccc(-c2ccc(-c3ccccn3)nn2)n1.O=C(O)c1cccc(-c2ccc(-c3ccccn3)nn2)n1.O=[Se]=O. The van der Waals surface area contributed by atoms with E-state index in [9.17, 15) is 4.79 Å². The minimum atomic E-state index is -1.62. The van der Waals surface area contributed by atoms with Crippen molar-refractivity contribution < 1.29 is 17.6 Å². The predicted molar refractivity (Wildman–Crippen MR) is 163 cm³/mol. The fraction of sp³-hybridized carbons (Fsp3) is 0.0645. The first-order valence-electron chi connectivity index (χ1n) is 12.6. The molecule has 0 amide bonds. The summed E-state index contributed by atoms with van der Waals surface area (Å²) in [4.78, 5) is 27.8. The third kappa shape index (κ3) is 9.18. The van der Waals surface area contributed by atoms with Gasteiger partial charge in [0.15, 0.2) is 0 Å². The first kappa shape index (κ1) is 32.9. The van der Waals surface area contributed by atoms with Crippen LogP contribution < -0.4 is 0 Å². The summed E-state index contributed by atoms with van der Waals surface area (Å²) >= 11 is -1.62. The topological polar surface area (TPSA) is 175 Å². The minimum absolute atomic E-state index is 0. The van der Waals surface area contributed by atoms with Crippen LogP contribution in [0.4, 0.5) is 0 Å². The summed E-state index contributed by atoms with van der Waals surface area (Å²) in [5.41, 5.74) is 6.47. The summed E-state index contributed by atoms with van der Waals surface area (Å²) in [7, 11) is 0. The molecule has 0 aromatic carbocycles. The Morgan fingerprint density at radius 2 is 0.955 bits per heavy atom. The molecule has 220 valence electrons. The summed E-state index contributed by atoms with van der Waals surface area (Å²) in [5, 5.41) is 25.5. The van der Waals surface area contributed by atoms with E-state index in [0.717, 1.165) is 34.2 Å². The van der Waals surface area contributed by atoms with Gasteiger partial charge in [0.25, 0.3) is 0 Å². The molecule has 13 heteroatoms. The van der Waals surface area contributed by atoms with Crippen LogP contribution in [0.25, 0.3) is 45.6 Å². The van der Waals surface area contributed by atoms with Crippen molar-refractivity contribution in [3.8, 4) is 45.6 Å². The average Bonchev–Trinajstić information content (AvgIpc) is 3.06. The summed E-state index contributed by atoms with van der Waals surface area (Å²) < 4.78 is 16.9. The molecule has 6 heterocycles. The van der Waals surface area contributed by atoms with E-state index in [4.69, 9.17) is 12.8 Å². The van der Waals surface area contributed by atoms with Crippen LogP contribution in [-0.4, -0.2) is 66.2 Å². The molecule has 6 aromatic heterocycles. The summed E-state index contributed by atoms with van der Waals surface area (Å²) in [6.45, 7) is 1.96. The van der Waals surface area contributed by atoms with Crippen LogP contribution in [0.2, 0.25) is 0 Å². The molecule has 0 aliphatic heterocycles. The van der Waals surface area contributed by atoms with Gasteiger partial charge in [0, 0.05) is 18.1 Å². The molecule has 0 fully saturated rings. The molecule has 0 spiro atoms. The Morgan fingerprint density at radius 3 is 1.34 bits per heavy atom. The standard InChI is InChI=1S/C15H10N4O2.C15H12N4.CH4.O2Se/c20-15(21)14-6-3-5-11(17-14)13-8-7-12(18-19-13)10-4-1-2-9-16-10;1-11-5-4-7-13(17-11)15-9-8-14(18-19-15)12-6-2-3-10-16-12;;1-3-2/h1-9H,(H,20,21);2-10H,1H3;1H4;. The molecule has 0 saturated carbocycles. The van der Waals surface area contributed by atoms with Gasteiger partial charge < -0.3 is 5.11 Å². The Morgan fingerprint density at radius 1 is 0.545 bits per heavy atom. The van der Waals surface area contributed by atoms with Crippen LogP contribution in [0.15, 0.2) is 109 Å². The van der Waals surface area contributed by atoms with Crippen molar-refractivity contribution >= 4 is 20.8 Å². The summed E-state index contributed by atoms with van der Waals surface area (Å²) in [5.74, 6) is -1.07. The molecule has 0 aliphatic carbocycles. The van der Waals surface area contributed by atoms with Crippen molar-refractivity contribution in [2.45, 2.75) is 14.4 Å². The number of carboxylic acids is 1. The molecular weight excluding hydrogens is 627 g/mol. The van der Waals surface area contributed by atoms with Crippen LogP contribution in [0.1, 0.15) is 23.6 Å². The van der Waals surface area contributed by atoms with Gasteiger partial charge in [-0.25, -0.2) is 9.78 Å². The molecule has 44 heavy (non-hydrogen) atoms. The zero-order valence-electron chi connectivity index (χ0n) is 22.6. The number of pyridine rings is 4. The molecule has 12 nitrogen and oxygen atoms in total. The van der Waals surface area contributed by atoms with Gasteiger partial charge in [0.2, 0.25) is 0 Å². The van der Waals surface area contributed by atoms with E-state index in [1.54, 1.807) is 36.7 Å². The Kier molecular flexibility index (Phi) is 12.5. The summed E-state index contributed by atoms with van der Waals surface area (Å²) in [6.07, 6.45) is 3.43. The van der Waals surface area contributed by atoms with Crippen molar-refractivity contribution in [3.63, 3.8) is 0 Å². The van der Waals surface area contributed by atoms with E-state index in [0.29, 0.717) is 17.1 Å². The van der Waals surface area contributed by atoms with E-state index in [1.165, 1.54) is 6.07 Å². The number of nitrogens with zero attached hydrogens (tertiary/aromatic N) is 8. The molecule has 0 saturated heterocycles. The van der Waals surface area contributed by atoms with Gasteiger partial charge in [-0.05, 0) is 79.7 Å². The molecule has 0 radical (unpaired) electrons. The van der Waals surface area contributed by atoms with Crippen LogP contribution in [0.5, 0.6) is 0 Å². The van der Waals surface area contributed by atoms with Crippen molar-refractivity contribution in [1.29, 1.82) is 0 Å². The molecule has 0 aliphatic rings. The second kappa shape index (κ2) is 16.7. The second-order valence-electron chi connectivity index (χ2n) is 8.48. The van der Waals surface area contributed by atoms with Crippen molar-refractivity contribution in [1.82, 2.24) is 40.3 Å². The van der Waals surface area contributed by atoms with Gasteiger partial charge in [-0.1, -0.05) is 31.7 Å². The van der Waals surface area contributed by atoms with Crippen LogP contribution in [0, 0.1) is 6.92 Å². The summed E-state index contributed by atoms with van der Waals surface area (Å²) in [6, 6.07) is 29.2. The zero-order valence-corrected chi connectivity index (χ0v) is 24.3. The van der Waals surface area contributed by atoms with Gasteiger partial charge in [-0.2, -0.15) is 0 Å². The van der Waals surface area contributed by atoms with E-state index < -0.39 is 20.8 Å². The van der Waals surface area contributed by atoms with Gasteiger partial charge in [-0.15, -0.1) is 20.4 Å². The van der Waals surface area contributed by atoms with Crippen LogP contribution >= 0.6 is 0 Å². The first-order chi connectivity index (χ1) is 21.0. The number of aromatic carboxylic acids is 1. The van der Waals surface area contributed by atoms with E-state index in [2.05, 4.69) is 40.3 Å². The van der Waals surface area contributed by atoms with E-state index in [1.807, 2.05) is 73.7 Å². The quantitative estimate of drug-likeness (QED) is 0.240. The van der Waals surface area contributed by atoms with Gasteiger partial charge >= 0.3 is 28.5 Å². The maximum atomic E-state index is 10.9. The third-order valence-electron chi connectivity index (χ3n) is 5.57. The average molecular weight is 654 g/mol. The number of hydrogen-bond donors (Lipinski definition) is 1.